The maximum absolute atomic E-state index is 15.0. The fraction of sp³-hybridized carbons (Fsp3) is 0.682. The van der Waals surface area contributed by atoms with E-state index in [4.69, 9.17) is 5.73 Å². The van der Waals surface area contributed by atoms with Crippen LogP contribution in [0, 0.1) is 16.6 Å². The molecule has 1 aromatic rings. The largest absolute Gasteiger partial charge is 0.364 e. The number of nitrogens with two attached hydrogens (primary N) is 1. The highest BCUT2D eigenvalue weighted by Crippen LogP contribution is 2.30. The van der Waals surface area contributed by atoms with Crippen molar-refractivity contribution in [3.8, 4) is 0 Å². The summed E-state index contributed by atoms with van der Waals surface area (Å²) in [5.41, 5.74) is 6.12. The van der Waals surface area contributed by atoms with Crippen LogP contribution in [0.3, 0.4) is 0 Å². The van der Waals surface area contributed by atoms with E-state index in [1.165, 1.54) is 6.20 Å². The van der Waals surface area contributed by atoms with Crippen LogP contribution in [0.4, 0.5) is 20.2 Å². The molecule has 0 saturated carbocycles. The molecule has 12 nitrogen and oxygen atoms in total. The minimum absolute atomic E-state index is 0.00209. The van der Waals surface area contributed by atoms with E-state index < -0.39 is 36.1 Å². The van der Waals surface area contributed by atoms with Crippen molar-refractivity contribution in [2.75, 3.05) is 76.2 Å². The van der Waals surface area contributed by atoms with Crippen molar-refractivity contribution in [3.05, 3.63) is 23.1 Å². The van der Waals surface area contributed by atoms with Gasteiger partial charge in [0.1, 0.15) is 17.8 Å². The molecule has 0 aliphatic carbocycles. The number of nitroso groups, excluding NO2 is 1. The van der Waals surface area contributed by atoms with E-state index in [0.717, 1.165) is 25.7 Å². The summed E-state index contributed by atoms with van der Waals surface area (Å²) in [6.07, 6.45) is 0.202. The Morgan fingerprint density at radius 3 is 2.58 bits per heavy atom. The SMILES string of the molecule is CN1CC(F)CNC1C(C(=O)Nc1cncc(F)c1N1CCN(C(=O)CN2CCC2)CC1)C(N)N=O. The third-order valence-electron chi connectivity index (χ3n) is 7.03. The van der Waals surface area contributed by atoms with Gasteiger partial charge >= 0.3 is 0 Å². The fourth-order valence-corrected chi connectivity index (χ4v) is 4.91. The van der Waals surface area contributed by atoms with Crippen molar-refractivity contribution < 1.29 is 18.4 Å². The van der Waals surface area contributed by atoms with Crippen LogP contribution in [0.15, 0.2) is 17.6 Å². The van der Waals surface area contributed by atoms with Crippen molar-refractivity contribution in [2.45, 2.75) is 24.9 Å². The number of alkyl halides is 1. The molecule has 3 saturated heterocycles. The number of likely N-dealkylation sites (tertiary alicyclic amines) is 1. The summed E-state index contributed by atoms with van der Waals surface area (Å²) in [5.74, 6) is -2.40. The number of amides is 2. The van der Waals surface area contributed by atoms with Crippen molar-refractivity contribution >= 4 is 23.2 Å². The quantitative estimate of drug-likeness (QED) is 0.391. The van der Waals surface area contributed by atoms with E-state index in [-0.39, 0.29) is 30.4 Å². The van der Waals surface area contributed by atoms with Crippen molar-refractivity contribution in [2.24, 2.45) is 16.8 Å². The van der Waals surface area contributed by atoms with Crippen LogP contribution in [0.2, 0.25) is 0 Å². The van der Waals surface area contributed by atoms with E-state index in [1.807, 2.05) is 0 Å². The number of rotatable bonds is 8. The Hall–Kier alpha value is -2.81. The molecular formula is C22H33F2N9O3. The van der Waals surface area contributed by atoms with Crippen LogP contribution < -0.4 is 21.3 Å². The average molecular weight is 510 g/mol. The van der Waals surface area contributed by atoms with Gasteiger partial charge in [-0.15, -0.1) is 4.91 Å². The Bertz CT molecular complexity index is 959. The zero-order valence-corrected chi connectivity index (χ0v) is 20.3. The lowest BCUT2D eigenvalue weighted by Crippen LogP contribution is -2.62. The Kier molecular flexibility index (Phi) is 8.39. The minimum atomic E-state index is -1.41. The van der Waals surface area contributed by atoms with E-state index in [1.54, 1.807) is 21.7 Å². The molecule has 1 aromatic heterocycles. The van der Waals surface area contributed by atoms with Crippen molar-refractivity contribution in [1.29, 1.82) is 0 Å². The maximum Gasteiger partial charge on any atom is 0.236 e. The standard InChI is InChI=1S/C22H33F2N9O3/c1-30-12-14(23)9-27-21(30)18(20(25)29-36)22(35)28-16-11-26-10-15(24)19(16)33-7-5-32(6-8-33)17(34)13-31-3-2-4-31/h10-11,14,18,20-21,27H,2-9,12-13,25H2,1H3,(H,28,35). The highest BCUT2D eigenvalue weighted by molar-refractivity contribution is 5.96. The molecule has 2 amide bonds. The summed E-state index contributed by atoms with van der Waals surface area (Å²) in [5, 5.41) is 8.39. The van der Waals surface area contributed by atoms with Crippen LogP contribution in [0.1, 0.15) is 6.42 Å². The summed E-state index contributed by atoms with van der Waals surface area (Å²) < 4.78 is 28.7. The van der Waals surface area contributed by atoms with Gasteiger partial charge in [-0.25, -0.2) is 8.78 Å². The first-order valence-corrected chi connectivity index (χ1v) is 12.1. The van der Waals surface area contributed by atoms with Gasteiger partial charge in [0.2, 0.25) is 11.8 Å². The van der Waals surface area contributed by atoms with Gasteiger partial charge in [-0.1, -0.05) is 5.18 Å². The number of nitrogens with zero attached hydrogens (tertiary/aromatic N) is 6. The van der Waals surface area contributed by atoms with Gasteiger partial charge in [-0.3, -0.25) is 29.7 Å². The lowest BCUT2D eigenvalue weighted by molar-refractivity contribution is -0.133. The van der Waals surface area contributed by atoms with Gasteiger partial charge in [0.15, 0.2) is 12.0 Å². The number of pyridine rings is 1. The third-order valence-corrected chi connectivity index (χ3v) is 7.03. The highest BCUT2D eigenvalue weighted by atomic mass is 19.1. The van der Waals surface area contributed by atoms with Crippen molar-refractivity contribution in [3.63, 3.8) is 0 Å². The van der Waals surface area contributed by atoms with Gasteiger partial charge in [0.25, 0.3) is 0 Å². The number of hydrogen-bond acceptors (Lipinski definition) is 10. The number of anilines is 2. The maximum atomic E-state index is 15.0. The minimum Gasteiger partial charge on any atom is -0.364 e. The van der Waals surface area contributed by atoms with Gasteiger partial charge in [0, 0.05) is 39.3 Å². The lowest BCUT2D eigenvalue weighted by Gasteiger charge is -2.40. The third kappa shape index (κ3) is 5.77. The van der Waals surface area contributed by atoms with E-state index >= 15 is 0 Å². The molecule has 198 valence electrons. The molecule has 14 heteroatoms. The Balaban J connectivity index is 1.46. The predicted molar refractivity (Wildman–Crippen MR) is 129 cm³/mol. The van der Waals surface area contributed by atoms with E-state index in [2.05, 4.69) is 25.7 Å². The second-order valence-electron chi connectivity index (χ2n) is 9.52. The number of halogens is 2. The summed E-state index contributed by atoms with van der Waals surface area (Å²) in [7, 11) is 1.61. The molecule has 0 aromatic carbocycles. The average Bonchev–Trinajstić information content (AvgIpc) is 2.83. The fourth-order valence-electron chi connectivity index (χ4n) is 4.91. The predicted octanol–water partition coefficient (Wildman–Crippen LogP) is -0.620. The number of piperazine rings is 1. The molecule has 4 heterocycles. The number of aromatic nitrogens is 1. The first-order chi connectivity index (χ1) is 17.3. The summed E-state index contributed by atoms with van der Waals surface area (Å²) >= 11 is 0. The number of carbonyl (C=O) groups excluding carboxylic acids is 2. The van der Waals surface area contributed by atoms with Gasteiger partial charge in [-0.05, 0) is 26.6 Å². The van der Waals surface area contributed by atoms with Crippen LogP contribution in [0.5, 0.6) is 0 Å². The van der Waals surface area contributed by atoms with Gasteiger partial charge < -0.3 is 20.9 Å². The second kappa shape index (κ2) is 11.5. The first kappa shape index (κ1) is 26.3. The van der Waals surface area contributed by atoms with E-state index in [0.29, 0.717) is 32.7 Å². The molecule has 4 atom stereocenters. The monoisotopic (exact) mass is 509 g/mol. The van der Waals surface area contributed by atoms with Crippen LogP contribution in [-0.2, 0) is 9.59 Å². The molecule has 4 unspecified atom stereocenters. The van der Waals surface area contributed by atoms with E-state index in [9.17, 15) is 23.3 Å². The topological polar surface area (TPSA) is 140 Å². The number of hydrogen-bond donors (Lipinski definition) is 3. The molecule has 0 bridgehead atoms. The number of carbonyl (C=O) groups is 2. The number of nitrogens with one attached hydrogen (secondary N) is 2. The second-order valence-corrected chi connectivity index (χ2v) is 9.52. The summed E-state index contributed by atoms with van der Waals surface area (Å²) in [6.45, 7) is 3.90. The molecule has 4 N–H and O–H groups in total. The normalized spacial score (nSPS) is 25.1. The van der Waals surface area contributed by atoms with Crippen LogP contribution >= 0.6 is 0 Å². The van der Waals surface area contributed by atoms with Gasteiger partial charge in [0.05, 0.1) is 30.8 Å². The van der Waals surface area contributed by atoms with Crippen LogP contribution in [-0.4, -0.2) is 116 Å². The molecule has 36 heavy (non-hydrogen) atoms. The van der Waals surface area contributed by atoms with Crippen LogP contribution in [0.25, 0.3) is 0 Å². The Labute approximate surface area is 208 Å². The molecule has 3 aliphatic heterocycles. The zero-order chi connectivity index (χ0) is 25.8. The highest BCUT2D eigenvalue weighted by Gasteiger charge is 2.40. The summed E-state index contributed by atoms with van der Waals surface area (Å²) in [6, 6.07) is 0. The Morgan fingerprint density at radius 2 is 1.97 bits per heavy atom. The molecule has 3 fully saturated rings. The Morgan fingerprint density at radius 1 is 1.25 bits per heavy atom. The first-order valence-electron chi connectivity index (χ1n) is 12.1. The van der Waals surface area contributed by atoms with Crippen molar-refractivity contribution in [1.82, 2.24) is 25.0 Å². The zero-order valence-electron chi connectivity index (χ0n) is 20.3. The molecule has 0 radical (unpaired) electrons. The molecule has 3 aliphatic rings. The smallest absolute Gasteiger partial charge is 0.236 e. The molecule has 0 spiro atoms. The van der Waals surface area contributed by atoms with Gasteiger partial charge in [-0.2, -0.15) is 0 Å². The summed E-state index contributed by atoms with van der Waals surface area (Å²) in [4.78, 5) is 48.1. The molecular weight excluding hydrogens is 476 g/mol. The lowest BCUT2D eigenvalue weighted by atomic mass is 9.98. The molecule has 4 rings (SSSR count).